The fraction of sp³-hybridized carbons (Fsp3) is 0.235. The first-order chi connectivity index (χ1) is 10.4. The number of nitrogens with zero attached hydrogens (tertiary/aromatic N) is 2. The number of aryl methyl sites for hydroxylation is 1. The van der Waals surface area contributed by atoms with Crippen LogP contribution in [0.3, 0.4) is 0 Å². The van der Waals surface area contributed by atoms with Crippen LogP contribution in [0.25, 0.3) is 0 Å². The zero-order chi connectivity index (χ0) is 16.4. The Kier molecular flexibility index (Phi) is 4.13. The van der Waals surface area contributed by atoms with Crippen LogP contribution in [0, 0.1) is 25.2 Å². The van der Waals surface area contributed by atoms with Gasteiger partial charge in [0.05, 0.1) is 5.56 Å². The number of hydrogen-bond acceptors (Lipinski definition) is 4. The summed E-state index contributed by atoms with van der Waals surface area (Å²) in [5, 5.41) is 19.5. The van der Waals surface area contributed by atoms with Gasteiger partial charge >= 0.3 is 0 Å². The number of aromatic hydroxyl groups is 1. The summed E-state index contributed by atoms with van der Waals surface area (Å²) in [4.78, 5) is 24.8. The van der Waals surface area contributed by atoms with Crippen LogP contribution in [0.4, 0.5) is 0 Å². The summed E-state index contributed by atoms with van der Waals surface area (Å²) in [5.41, 5.74) is 0.917. The molecule has 112 valence electrons. The van der Waals surface area contributed by atoms with E-state index in [1.165, 1.54) is 6.92 Å². The summed E-state index contributed by atoms with van der Waals surface area (Å²) >= 11 is 0. The molecular weight excluding hydrogens is 280 g/mol. The number of carbonyl (C=O) groups excluding carboxylic acids is 1. The molecule has 1 aromatic heterocycles. The van der Waals surface area contributed by atoms with Crippen molar-refractivity contribution in [3.8, 4) is 11.9 Å². The average molecular weight is 296 g/mol. The van der Waals surface area contributed by atoms with Crippen molar-refractivity contribution in [2.75, 3.05) is 0 Å². The zero-order valence-electron chi connectivity index (χ0n) is 12.7. The smallest absolute Gasteiger partial charge is 0.271 e. The number of pyridine rings is 1. The monoisotopic (exact) mass is 296 g/mol. The summed E-state index contributed by atoms with van der Waals surface area (Å²) in [6, 6.07) is 8.72. The van der Waals surface area contributed by atoms with Crippen LogP contribution in [0.15, 0.2) is 29.1 Å². The van der Waals surface area contributed by atoms with Crippen LogP contribution < -0.4 is 5.56 Å². The molecule has 0 saturated carbocycles. The summed E-state index contributed by atoms with van der Waals surface area (Å²) in [5.74, 6) is -0.803. The number of carbonyl (C=O) groups is 1. The van der Waals surface area contributed by atoms with Crippen LogP contribution in [0.1, 0.15) is 39.5 Å². The first-order valence-electron chi connectivity index (χ1n) is 6.90. The summed E-state index contributed by atoms with van der Waals surface area (Å²) in [7, 11) is 0. The van der Waals surface area contributed by atoms with Crippen LogP contribution in [-0.4, -0.2) is 15.5 Å². The third kappa shape index (κ3) is 2.40. The normalized spacial score (nSPS) is 10.3. The summed E-state index contributed by atoms with van der Waals surface area (Å²) in [6.07, 6.45) is 0. The second-order valence-electron chi connectivity index (χ2n) is 5.05. The number of ketones is 1. The van der Waals surface area contributed by atoms with Gasteiger partial charge in [0.2, 0.25) is 5.88 Å². The van der Waals surface area contributed by atoms with Gasteiger partial charge in [0, 0.05) is 12.1 Å². The van der Waals surface area contributed by atoms with Crippen LogP contribution >= 0.6 is 0 Å². The van der Waals surface area contributed by atoms with Gasteiger partial charge < -0.3 is 5.11 Å². The van der Waals surface area contributed by atoms with E-state index >= 15 is 0 Å². The van der Waals surface area contributed by atoms with E-state index < -0.39 is 17.2 Å². The Balaban J connectivity index is 2.75. The summed E-state index contributed by atoms with van der Waals surface area (Å²) in [6.45, 7) is 5.24. The Hall–Kier alpha value is -2.87. The maximum Gasteiger partial charge on any atom is 0.271 e. The van der Waals surface area contributed by atoms with Gasteiger partial charge in [0.15, 0.2) is 5.78 Å². The molecule has 2 rings (SSSR count). The first kappa shape index (κ1) is 15.5. The number of rotatable bonds is 3. The number of benzene rings is 1. The highest BCUT2D eigenvalue weighted by atomic mass is 16.3. The van der Waals surface area contributed by atoms with E-state index in [1.54, 1.807) is 31.2 Å². The van der Waals surface area contributed by atoms with E-state index in [1.807, 2.05) is 13.0 Å². The predicted octanol–water partition coefficient (Wildman–Crippen LogP) is 2.29. The SMILES string of the molecule is CCn1c(O)c(C(=O)c2ccc(C)cc2)c(C)c(C#N)c1=O. The Bertz CT molecular complexity index is 840. The maximum absolute atomic E-state index is 12.7. The van der Waals surface area contributed by atoms with E-state index in [2.05, 4.69) is 0 Å². The molecule has 2 aromatic rings. The van der Waals surface area contributed by atoms with Gasteiger partial charge in [-0.3, -0.25) is 14.2 Å². The van der Waals surface area contributed by atoms with Crippen molar-refractivity contribution in [3.63, 3.8) is 0 Å². The molecule has 0 bridgehead atoms. The van der Waals surface area contributed by atoms with Crippen LogP contribution in [-0.2, 0) is 6.54 Å². The molecule has 0 atom stereocenters. The molecule has 0 fully saturated rings. The molecule has 1 aromatic carbocycles. The minimum Gasteiger partial charge on any atom is -0.494 e. The fourth-order valence-corrected chi connectivity index (χ4v) is 2.37. The van der Waals surface area contributed by atoms with Crippen molar-refractivity contribution in [1.29, 1.82) is 5.26 Å². The third-order valence-corrected chi connectivity index (χ3v) is 3.66. The molecule has 22 heavy (non-hydrogen) atoms. The molecule has 1 heterocycles. The topological polar surface area (TPSA) is 83.1 Å². The van der Waals surface area contributed by atoms with Gasteiger partial charge in [-0.2, -0.15) is 5.26 Å². The minimum atomic E-state index is -0.583. The second kappa shape index (κ2) is 5.86. The fourth-order valence-electron chi connectivity index (χ4n) is 2.37. The van der Waals surface area contributed by atoms with Gasteiger partial charge in [0.25, 0.3) is 5.56 Å². The molecule has 0 amide bonds. The van der Waals surface area contributed by atoms with Crippen molar-refractivity contribution in [1.82, 2.24) is 4.57 Å². The molecule has 5 nitrogen and oxygen atoms in total. The Morgan fingerprint density at radius 3 is 2.36 bits per heavy atom. The lowest BCUT2D eigenvalue weighted by molar-refractivity contribution is 0.103. The lowest BCUT2D eigenvalue weighted by Crippen LogP contribution is -2.26. The lowest BCUT2D eigenvalue weighted by atomic mass is 9.97. The minimum absolute atomic E-state index is 0.00172. The Labute approximate surface area is 128 Å². The summed E-state index contributed by atoms with van der Waals surface area (Å²) < 4.78 is 1.03. The van der Waals surface area contributed by atoms with Crippen LogP contribution in [0.5, 0.6) is 5.88 Å². The highest BCUT2D eigenvalue weighted by molar-refractivity contribution is 6.11. The lowest BCUT2D eigenvalue weighted by Gasteiger charge is -2.14. The van der Waals surface area contributed by atoms with E-state index in [0.717, 1.165) is 10.1 Å². The van der Waals surface area contributed by atoms with Crippen molar-refractivity contribution >= 4 is 5.78 Å². The van der Waals surface area contributed by atoms with Crippen molar-refractivity contribution in [3.05, 3.63) is 62.4 Å². The van der Waals surface area contributed by atoms with Crippen molar-refractivity contribution in [2.45, 2.75) is 27.3 Å². The Morgan fingerprint density at radius 2 is 1.86 bits per heavy atom. The predicted molar refractivity (Wildman–Crippen MR) is 82.1 cm³/mol. The molecule has 0 unspecified atom stereocenters. The molecular formula is C17H16N2O3. The van der Waals surface area contributed by atoms with Gasteiger partial charge in [0.1, 0.15) is 11.6 Å². The maximum atomic E-state index is 12.7. The third-order valence-electron chi connectivity index (χ3n) is 3.66. The van der Waals surface area contributed by atoms with Crippen molar-refractivity contribution < 1.29 is 9.90 Å². The largest absolute Gasteiger partial charge is 0.494 e. The standard InChI is InChI=1S/C17H16N2O3/c1-4-19-16(21)13(9-18)11(3)14(17(19)22)15(20)12-7-5-10(2)6-8-12/h5-8,22H,4H2,1-3H3. The molecule has 0 spiro atoms. The van der Waals surface area contributed by atoms with Crippen LogP contribution in [0.2, 0.25) is 0 Å². The van der Waals surface area contributed by atoms with Gasteiger partial charge in [-0.25, -0.2) is 0 Å². The van der Waals surface area contributed by atoms with E-state index in [-0.39, 0.29) is 23.2 Å². The van der Waals surface area contributed by atoms with E-state index in [0.29, 0.717) is 5.56 Å². The van der Waals surface area contributed by atoms with Gasteiger partial charge in [-0.1, -0.05) is 29.8 Å². The highest BCUT2D eigenvalue weighted by Crippen LogP contribution is 2.24. The van der Waals surface area contributed by atoms with E-state index in [4.69, 9.17) is 5.26 Å². The van der Waals surface area contributed by atoms with Gasteiger partial charge in [-0.15, -0.1) is 0 Å². The molecule has 0 radical (unpaired) electrons. The number of nitriles is 1. The van der Waals surface area contributed by atoms with Gasteiger partial charge in [-0.05, 0) is 26.3 Å². The second-order valence-corrected chi connectivity index (χ2v) is 5.05. The number of hydrogen-bond donors (Lipinski definition) is 1. The average Bonchev–Trinajstić information content (AvgIpc) is 2.48. The number of aromatic nitrogens is 1. The highest BCUT2D eigenvalue weighted by Gasteiger charge is 2.24. The quantitative estimate of drug-likeness (QED) is 0.881. The molecule has 0 aliphatic rings. The molecule has 1 N–H and O–H groups in total. The Morgan fingerprint density at radius 1 is 1.27 bits per heavy atom. The molecule has 0 aliphatic heterocycles. The van der Waals surface area contributed by atoms with Crippen molar-refractivity contribution in [2.24, 2.45) is 0 Å². The molecule has 0 aliphatic carbocycles. The molecule has 5 heteroatoms. The van der Waals surface area contributed by atoms with E-state index in [9.17, 15) is 14.7 Å². The molecule has 0 saturated heterocycles. The zero-order valence-corrected chi connectivity index (χ0v) is 12.7. The first-order valence-corrected chi connectivity index (χ1v) is 6.90.